The van der Waals surface area contributed by atoms with Crippen molar-refractivity contribution in [2.24, 2.45) is 5.16 Å². The Labute approximate surface area is 160 Å². The number of carbonyl (C=O) groups is 2. The van der Waals surface area contributed by atoms with Crippen molar-refractivity contribution in [1.29, 1.82) is 0 Å². The molecule has 0 saturated heterocycles. The van der Waals surface area contributed by atoms with Gasteiger partial charge in [-0.15, -0.1) is 0 Å². The molecule has 1 amide bonds. The quantitative estimate of drug-likeness (QED) is 0.567. The van der Waals surface area contributed by atoms with Crippen molar-refractivity contribution in [2.75, 3.05) is 11.9 Å². The highest BCUT2D eigenvalue weighted by Gasteiger charge is 2.25. The SMILES string of the molecule is CCCCOC(=O)CC1CC(c2ccc(NC(=O)OC(C)(C)C)cc2)=NO1. The minimum Gasteiger partial charge on any atom is -0.466 e. The smallest absolute Gasteiger partial charge is 0.412 e. The highest BCUT2D eigenvalue weighted by molar-refractivity contribution is 6.02. The van der Waals surface area contributed by atoms with Gasteiger partial charge in [-0.2, -0.15) is 0 Å². The Morgan fingerprint density at radius 1 is 1.26 bits per heavy atom. The number of benzene rings is 1. The molecular formula is C20H28N2O5. The summed E-state index contributed by atoms with van der Waals surface area (Å²) in [6.45, 7) is 7.92. The van der Waals surface area contributed by atoms with Gasteiger partial charge in [0.2, 0.25) is 0 Å². The minimum atomic E-state index is -0.549. The molecule has 7 nitrogen and oxygen atoms in total. The number of carbonyl (C=O) groups excluding carboxylic acids is 2. The first-order valence-corrected chi connectivity index (χ1v) is 9.25. The molecule has 1 aromatic carbocycles. The normalized spacial score (nSPS) is 16.3. The number of hydrogen-bond donors (Lipinski definition) is 1. The molecule has 148 valence electrons. The Kier molecular flexibility index (Phi) is 7.21. The van der Waals surface area contributed by atoms with Gasteiger partial charge in [0.25, 0.3) is 0 Å². The minimum absolute atomic E-state index is 0.189. The number of hydrogen-bond acceptors (Lipinski definition) is 6. The average molecular weight is 376 g/mol. The number of ether oxygens (including phenoxy) is 2. The van der Waals surface area contributed by atoms with E-state index in [1.54, 1.807) is 12.1 Å². The van der Waals surface area contributed by atoms with Gasteiger partial charge in [-0.25, -0.2) is 4.79 Å². The van der Waals surface area contributed by atoms with Crippen molar-refractivity contribution in [3.63, 3.8) is 0 Å². The zero-order valence-electron chi connectivity index (χ0n) is 16.4. The van der Waals surface area contributed by atoms with Crippen LogP contribution >= 0.6 is 0 Å². The lowest BCUT2D eigenvalue weighted by Gasteiger charge is -2.19. The van der Waals surface area contributed by atoms with Crippen LogP contribution in [0.5, 0.6) is 0 Å². The number of esters is 1. The fraction of sp³-hybridized carbons (Fsp3) is 0.550. The summed E-state index contributed by atoms with van der Waals surface area (Å²) in [5.74, 6) is -0.262. The molecule has 1 N–H and O–H groups in total. The van der Waals surface area contributed by atoms with E-state index in [4.69, 9.17) is 14.3 Å². The summed E-state index contributed by atoms with van der Waals surface area (Å²) in [7, 11) is 0. The van der Waals surface area contributed by atoms with E-state index in [0.29, 0.717) is 18.7 Å². The van der Waals surface area contributed by atoms with Crippen LogP contribution in [0.25, 0.3) is 0 Å². The van der Waals surface area contributed by atoms with Crippen LogP contribution in [0.2, 0.25) is 0 Å². The number of amides is 1. The predicted octanol–water partition coefficient (Wildman–Crippen LogP) is 4.26. The van der Waals surface area contributed by atoms with E-state index in [-0.39, 0.29) is 18.5 Å². The molecule has 0 aromatic heterocycles. The van der Waals surface area contributed by atoms with Crippen LogP contribution in [0, 0.1) is 0 Å². The van der Waals surface area contributed by atoms with Gasteiger partial charge in [0.05, 0.1) is 18.7 Å². The summed E-state index contributed by atoms with van der Waals surface area (Å²) in [6.07, 6.45) is 1.78. The second-order valence-corrected chi connectivity index (χ2v) is 7.45. The van der Waals surface area contributed by atoms with Crippen molar-refractivity contribution in [1.82, 2.24) is 0 Å². The summed E-state index contributed by atoms with van der Waals surface area (Å²) < 4.78 is 10.4. The fourth-order valence-corrected chi connectivity index (χ4v) is 2.45. The maximum atomic E-state index is 11.8. The molecule has 27 heavy (non-hydrogen) atoms. The molecular weight excluding hydrogens is 348 g/mol. The molecule has 0 fully saturated rings. The zero-order valence-corrected chi connectivity index (χ0v) is 16.4. The summed E-state index contributed by atoms with van der Waals surface area (Å²) in [4.78, 5) is 28.9. The van der Waals surface area contributed by atoms with Gasteiger partial charge in [0.15, 0.2) is 0 Å². The monoisotopic (exact) mass is 376 g/mol. The van der Waals surface area contributed by atoms with E-state index < -0.39 is 11.7 Å². The maximum absolute atomic E-state index is 11.8. The topological polar surface area (TPSA) is 86.2 Å². The molecule has 7 heteroatoms. The van der Waals surface area contributed by atoms with Crippen LogP contribution in [-0.4, -0.2) is 36.1 Å². The van der Waals surface area contributed by atoms with E-state index in [0.717, 1.165) is 24.1 Å². The lowest BCUT2D eigenvalue weighted by Crippen LogP contribution is -2.27. The van der Waals surface area contributed by atoms with Crippen molar-refractivity contribution < 1.29 is 23.9 Å². The van der Waals surface area contributed by atoms with Gasteiger partial charge in [0, 0.05) is 12.1 Å². The molecule has 1 atom stereocenters. The molecule has 0 radical (unpaired) electrons. The van der Waals surface area contributed by atoms with Crippen LogP contribution in [0.4, 0.5) is 10.5 Å². The number of anilines is 1. The molecule has 0 aliphatic carbocycles. The molecule has 1 heterocycles. The zero-order chi connectivity index (χ0) is 19.9. The second-order valence-electron chi connectivity index (χ2n) is 7.45. The van der Waals surface area contributed by atoms with Crippen LogP contribution in [0.3, 0.4) is 0 Å². The van der Waals surface area contributed by atoms with Gasteiger partial charge in [-0.05, 0) is 44.9 Å². The van der Waals surface area contributed by atoms with Crippen molar-refractivity contribution in [3.8, 4) is 0 Å². The van der Waals surface area contributed by atoms with Gasteiger partial charge < -0.3 is 14.3 Å². The molecule has 1 unspecified atom stereocenters. The second kappa shape index (κ2) is 9.39. The van der Waals surface area contributed by atoms with Crippen molar-refractivity contribution in [2.45, 2.75) is 65.1 Å². The van der Waals surface area contributed by atoms with E-state index in [1.165, 1.54) is 0 Å². The number of nitrogens with zero attached hydrogens (tertiary/aromatic N) is 1. The fourth-order valence-electron chi connectivity index (χ4n) is 2.45. The van der Waals surface area contributed by atoms with E-state index >= 15 is 0 Å². The summed E-state index contributed by atoms with van der Waals surface area (Å²) >= 11 is 0. The molecule has 0 saturated carbocycles. The van der Waals surface area contributed by atoms with Crippen molar-refractivity contribution in [3.05, 3.63) is 29.8 Å². The maximum Gasteiger partial charge on any atom is 0.412 e. The molecule has 2 rings (SSSR count). The van der Waals surface area contributed by atoms with Gasteiger partial charge in [-0.1, -0.05) is 30.6 Å². The summed E-state index contributed by atoms with van der Waals surface area (Å²) in [6, 6.07) is 7.23. The van der Waals surface area contributed by atoms with Crippen LogP contribution in [-0.2, 0) is 19.1 Å². The molecule has 0 spiro atoms. The molecule has 1 aromatic rings. The van der Waals surface area contributed by atoms with Gasteiger partial charge in [0.1, 0.15) is 11.7 Å². The van der Waals surface area contributed by atoms with Crippen molar-refractivity contribution >= 4 is 23.5 Å². The Morgan fingerprint density at radius 3 is 2.59 bits per heavy atom. The molecule has 0 bridgehead atoms. The van der Waals surface area contributed by atoms with Crippen LogP contribution < -0.4 is 5.32 Å². The molecule has 1 aliphatic rings. The Morgan fingerprint density at radius 2 is 1.96 bits per heavy atom. The van der Waals surface area contributed by atoms with Crippen LogP contribution in [0.1, 0.15) is 58.9 Å². The third-order valence-electron chi connectivity index (χ3n) is 3.75. The Bertz CT molecular complexity index is 677. The Balaban J connectivity index is 1.82. The largest absolute Gasteiger partial charge is 0.466 e. The summed E-state index contributed by atoms with van der Waals surface area (Å²) in [5.41, 5.74) is 1.73. The van der Waals surface area contributed by atoms with Crippen LogP contribution in [0.15, 0.2) is 29.4 Å². The standard InChI is InChI=1S/C20H28N2O5/c1-5-6-11-25-18(23)13-16-12-17(22-27-16)14-7-9-15(10-8-14)21-19(24)26-20(2,3)4/h7-10,16H,5-6,11-13H2,1-4H3,(H,21,24). The highest BCUT2D eigenvalue weighted by atomic mass is 16.6. The number of unbranched alkanes of at least 4 members (excludes halogenated alkanes) is 1. The highest BCUT2D eigenvalue weighted by Crippen LogP contribution is 2.21. The predicted molar refractivity (Wildman–Crippen MR) is 103 cm³/mol. The van der Waals surface area contributed by atoms with E-state index in [1.807, 2.05) is 39.8 Å². The summed E-state index contributed by atoms with van der Waals surface area (Å²) in [5, 5.41) is 6.75. The van der Waals surface area contributed by atoms with Gasteiger partial charge >= 0.3 is 12.1 Å². The first-order valence-electron chi connectivity index (χ1n) is 9.25. The first kappa shape index (κ1) is 20.7. The number of rotatable bonds is 7. The van der Waals surface area contributed by atoms with Gasteiger partial charge in [-0.3, -0.25) is 10.1 Å². The first-order chi connectivity index (χ1) is 12.8. The average Bonchev–Trinajstić information content (AvgIpc) is 3.02. The Hall–Kier alpha value is -2.57. The third-order valence-corrected chi connectivity index (χ3v) is 3.75. The van der Waals surface area contributed by atoms with E-state index in [9.17, 15) is 9.59 Å². The number of oxime groups is 1. The molecule has 1 aliphatic heterocycles. The third kappa shape index (κ3) is 7.29. The number of nitrogens with one attached hydrogen (secondary N) is 1. The van der Waals surface area contributed by atoms with E-state index in [2.05, 4.69) is 10.5 Å². The lowest BCUT2D eigenvalue weighted by atomic mass is 10.0. The lowest BCUT2D eigenvalue weighted by molar-refractivity contribution is -0.146.